The van der Waals surface area contributed by atoms with Gasteiger partial charge in [-0.3, -0.25) is 10.1 Å². The Morgan fingerprint density at radius 1 is 1.21 bits per heavy atom. The lowest BCUT2D eigenvalue weighted by molar-refractivity contribution is -0.138. The molecule has 1 fully saturated rings. The smallest absolute Gasteiger partial charge is 0.341 e. The number of imide groups is 1. The molecule has 0 spiro atoms. The van der Waals surface area contributed by atoms with Crippen molar-refractivity contribution in [3.8, 4) is 0 Å². The summed E-state index contributed by atoms with van der Waals surface area (Å²) in [6.07, 6.45) is -2.31. The van der Waals surface area contributed by atoms with Gasteiger partial charge in [-0.2, -0.15) is 13.2 Å². The number of hydrogen-bond acceptors (Lipinski definition) is 3. The van der Waals surface area contributed by atoms with Crippen LogP contribution in [0, 0.1) is 0 Å². The Morgan fingerprint density at radius 3 is 2.58 bits per heavy atom. The largest absolute Gasteiger partial charge is 0.416 e. The number of halogens is 3. The van der Waals surface area contributed by atoms with Crippen LogP contribution in [0.1, 0.15) is 36.3 Å². The molecular formula is C16H20F3N3O2. The minimum atomic E-state index is -4.40. The van der Waals surface area contributed by atoms with Crippen molar-refractivity contribution in [2.24, 2.45) is 0 Å². The second-order valence-electron chi connectivity index (χ2n) is 5.74. The number of amides is 3. The van der Waals surface area contributed by atoms with Gasteiger partial charge in [0.15, 0.2) is 0 Å². The summed E-state index contributed by atoms with van der Waals surface area (Å²) in [5.74, 6) is -0.834. The second-order valence-corrected chi connectivity index (χ2v) is 5.74. The van der Waals surface area contributed by atoms with Crippen LogP contribution in [0.2, 0.25) is 0 Å². The van der Waals surface area contributed by atoms with Gasteiger partial charge in [0.2, 0.25) is 5.91 Å². The Hall–Kier alpha value is -2.09. The summed E-state index contributed by atoms with van der Waals surface area (Å²) < 4.78 is 39.6. The zero-order chi connectivity index (χ0) is 17.7. The molecule has 3 N–H and O–H groups in total. The molecule has 1 aromatic rings. The van der Waals surface area contributed by atoms with Crippen molar-refractivity contribution in [3.63, 3.8) is 0 Å². The molecule has 24 heavy (non-hydrogen) atoms. The fourth-order valence-corrected chi connectivity index (χ4v) is 3.11. The zero-order valence-electron chi connectivity index (χ0n) is 13.2. The van der Waals surface area contributed by atoms with E-state index in [0.29, 0.717) is 12.8 Å². The highest BCUT2D eigenvalue weighted by Gasteiger charge is 2.38. The second kappa shape index (κ2) is 7.65. The fraction of sp³-hybridized carbons (Fsp3) is 0.500. The molecule has 5 nitrogen and oxygen atoms in total. The predicted octanol–water partition coefficient (Wildman–Crippen LogP) is 2.39. The first-order valence-corrected chi connectivity index (χ1v) is 7.74. The van der Waals surface area contributed by atoms with Crippen LogP contribution in [0.25, 0.3) is 0 Å². The van der Waals surface area contributed by atoms with E-state index < -0.39 is 23.7 Å². The van der Waals surface area contributed by atoms with Gasteiger partial charge in [0.05, 0.1) is 12.1 Å². The molecule has 1 saturated carbocycles. The Balaban J connectivity index is 2.06. The van der Waals surface area contributed by atoms with Crippen LogP contribution in [0.15, 0.2) is 24.3 Å². The summed E-state index contributed by atoms with van der Waals surface area (Å²) in [7, 11) is 1.39. The van der Waals surface area contributed by atoms with Gasteiger partial charge < -0.3 is 10.6 Å². The minimum Gasteiger partial charge on any atom is -0.341 e. The van der Waals surface area contributed by atoms with Crippen LogP contribution in [0.4, 0.5) is 18.0 Å². The summed E-state index contributed by atoms with van der Waals surface area (Å²) in [5, 5.41) is 7.35. The average Bonchev–Trinajstić information content (AvgIpc) is 3.00. The first-order chi connectivity index (χ1) is 11.3. The SMILES string of the molecule is CNC(=O)NC(=O)CN[C@@H]1CCC[C@@H]1c1ccccc1C(F)(F)F. The molecule has 0 bridgehead atoms. The van der Waals surface area contributed by atoms with E-state index in [2.05, 4.69) is 16.0 Å². The molecule has 3 amide bonds. The third kappa shape index (κ3) is 4.47. The number of nitrogens with one attached hydrogen (secondary N) is 3. The van der Waals surface area contributed by atoms with Crippen molar-refractivity contribution < 1.29 is 22.8 Å². The van der Waals surface area contributed by atoms with E-state index in [1.165, 1.54) is 19.2 Å². The molecule has 0 heterocycles. The molecule has 2 atom stereocenters. The third-order valence-electron chi connectivity index (χ3n) is 4.19. The van der Waals surface area contributed by atoms with Crippen molar-refractivity contribution in [3.05, 3.63) is 35.4 Å². The lowest BCUT2D eigenvalue weighted by Gasteiger charge is -2.24. The van der Waals surface area contributed by atoms with E-state index in [1.807, 2.05) is 0 Å². The van der Waals surface area contributed by atoms with Crippen molar-refractivity contribution in [1.82, 2.24) is 16.0 Å². The van der Waals surface area contributed by atoms with Gasteiger partial charge in [-0.25, -0.2) is 4.79 Å². The Kier molecular flexibility index (Phi) is 5.82. The van der Waals surface area contributed by atoms with Crippen LogP contribution in [-0.4, -0.2) is 31.6 Å². The van der Waals surface area contributed by atoms with Gasteiger partial charge in [0.25, 0.3) is 0 Å². The highest BCUT2D eigenvalue weighted by Crippen LogP contribution is 2.41. The molecule has 1 aromatic carbocycles. The first kappa shape index (κ1) is 18.3. The molecule has 0 aromatic heterocycles. The van der Waals surface area contributed by atoms with Crippen LogP contribution >= 0.6 is 0 Å². The predicted molar refractivity (Wildman–Crippen MR) is 82.4 cm³/mol. The number of hydrogen-bond donors (Lipinski definition) is 3. The van der Waals surface area contributed by atoms with Crippen LogP contribution in [0.5, 0.6) is 0 Å². The maximum Gasteiger partial charge on any atom is 0.416 e. The molecule has 0 saturated heterocycles. The van der Waals surface area contributed by atoms with E-state index in [0.717, 1.165) is 12.5 Å². The first-order valence-electron chi connectivity index (χ1n) is 7.74. The van der Waals surface area contributed by atoms with Crippen molar-refractivity contribution in [2.75, 3.05) is 13.6 Å². The molecule has 2 rings (SSSR count). The number of alkyl halides is 3. The fourth-order valence-electron chi connectivity index (χ4n) is 3.11. The van der Waals surface area contributed by atoms with E-state index >= 15 is 0 Å². The Bertz CT molecular complexity index is 604. The average molecular weight is 343 g/mol. The van der Waals surface area contributed by atoms with Crippen molar-refractivity contribution in [2.45, 2.75) is 37.4 Å². The summed E-state index contributed by atoms with van der Waals surface area (Å²) in [5.41, 5.74) is -0.370. The molecule has 1 aliphatic rings. The number of benzene rings is 1. The van der Waals surface area contributed by atoms with Gasteiger partial charge >= 0.3 is 12.2 Å². The van der Waals surface area contributed by atoms with Crippen LogP contribution in [0.3, 0.4) is 0 Å². The summed E-state index contributed by atoms with van der Waals surface area (Å²) in [6, 6.07) is 4.70. The van der Waals surface area contributed by atoms with E-state index in [-0.39, 0.29) is 24.1 Å². The number of urea groups is 1. The van der Waals surface area contributed by atoms with Gasteiger partial charge in [-0.15, -0.1) is 0 Å². The van der Waals surface area contributed by atoms with E-state index in [9.17, 15) is 22.8 Å². The van der Waals surface area contributed by atoms with E-state index in [4.69, 9.17) is 0 Å². The highest BCUT2D eigenvalue weighted by molar-refractivity contribution is 5.95. The summed E-state index contributed by atoms with van der Waals surface area (Å²) in [6.45, 7) is -0.122. The molecule has 0 unspecified atom stereocenters. The van der Waals surface area contributed by atoms with Gasteiger partial charge in [0.1, 0.15) is 0 Å². The van der Waals surface area contributed by atoms with Gasteiger partial charge in [-0.05, 0) is 30.4 Å². The highest BCUT2D eigenvalue weighted by atomic mass is 19.4. The summed E-state index contributed by atoms with van der Waals surface area (Å²) >= 11 is 0. The van der Waals surface area contributed by atoms with Crippen LogP contribution in [-0.2, 0) is 11.0 Å². The normalized spacial score (nSPS) is 20.7. The molecule has 0 radical (unpaired) electrons. The van der Waals surface area contributed by atoms with Crippen LogP contribution < -0.4 is 16.0 Å². The van der Waals surface area contributed by atoms with E-state index in [1.54, 1.807) is 6.07 Å². The molecular weight excluding hydrogens is 323 g/mol. The molecule has 0 aliphatic heterocycles. The lowest BCUT2D eigenvalue weighted by atomic mass is 9.90. The quantitative estimate of drug-likeness (QED) is 0.786. The maximum absolute atomic E-state index is 13.2. The van der Waals surface area contributed by atoms with Gasteiger partial charge in [-0.1, -0.05) is 24.6 Å². The number of carbonyl (C=O) groups is 2. The molecule has 8 heteroatoms. The molecule has 1 aliphatic carbocycles. The number of carbonyl (C=O) groups excluding carboxylic acids is 2. The summed E-state index contributed by atoms with van der Waals surface area (Å²) in [4.78, 5) is 22.7. The number of rotatable bonds is 4. The topological polar surface area (TPSA) is 70.2 Å². The standard InChI is InChI=1S/C16H20F3N3O2/c1-20-15(24)22-14(23)9-21-13-8-4-6-11(13)10-5-2-3-7-12(10)16(17,18)19/h2-3,5,7,11,13,21H,4,6,8-9H2,1H3,(H2,20,22,23,24)/t11-,13-/m1/s1. The third-order valence-corrected chi connectivity index (χ3v) is 4.19. The maximum atomic E-state index is 13.2. The van der Waals surface area contributed by atoms with Gasteiger partial charge in [0, 0.05) is 13.1 Å². The van der Waals surface area contributed by atoms with Crippen molar-refractivity contribution >= 4 is 11.9 Å². The monoisotopic (exact) mass is 343 g/mol. The Labute approximate surface area is 138 Å². The molecule has 132 valence electrons. The minimum absolute atomic E-state index is 0.122. The Morgan fingerprint density at radius 2 is 1.92 bits per heavy atom. The zero-order valence-corrected chi connectivity index (χ0v) is 13.2. The van der Waals surface area contributed by atoms with Crippen molar-refractivity contribution in [1.29, 1.82) is 0 Å². The lowest BCUT2D eigenvalue weighted by Crippen LogP contribution is -2.45.